The highest BCUT2D eigenvalue weighted by molar-refractivity contribution is 5.94. The SMILES string of the molecule is O=C1C[C@@H](c2ccc(O)cc2)c2ncn(-c3ccc(F)cc3)c2N1. The van der Waals surface area contributed by atoms with Crippen LogP contribution in [0.2, 0.25) is 0 Å². The summed E-state index contributed by atoms with van der Waals surface area (Å²) < 4.78 is 14.9. The van der Waals surface area contributed by atoms with Gasteiger partial charge in [0.05, 0.1) is 5.69 Å². The van der Waals surface area contributed by atoms with E-state index in [1.165, 1.54) is 12.1 Å². The summed E-state index contributed by atoms with van der Waals surface area (Å²) in [4.78, 5) is 16.6. The van der Waals surface area contributed by atoms with E-state index in [0.29, 0.717) is 5.82 Å². The van der Waals surface area contributed by atoms with Crippen LogP contribution >= 0.6 is 0 Å². The second kappa shape index (κ2) is 5.49. The number of imidazole rings is 1. The van der Waals surface area contributed by atoms with Gasteiger partial charge in [0, 0.05) is 18.0 Å². The van der Waals surface area contributed by atoms with Gasteiger partial charge in [-0.1, -0.05) is 12.1 Å². The third-order valence-electron chi connectivity index (χ3n) is 4.17. The van der Waals surface area contributed by atoms with Crippen molar-refractivity contribution in [2.24, 2.45) is 0 Å². The number of carbonyl (C=O) groups excluding carboxylic acids is 1. The number of phenols is 1. The Morgan fingerprint density at radius 1 is 1.12 bits per heavy atom. The molecule has 2 N–H and O–H groups in total. The summed E-state index contributed by atoms with van der Waals surface area (Å²) in [5, 5.41) is 12.3. The van der Waals surface area contributed by atoms with E-state index in [9.17, 15) is 14.3 Å². The van der Waals surface area contributed by atoms with Crippen molar-refractivity contribution >= 4 is 11.7 Å². The van der Waals surface area contributed by atoms with Gasteiger partial charge in [-0.25, -0.2) is 9.37 Å². The minimum absolute atomic E-state index is 0.107. The quantitative estimate of drug-likeness (QED) is 0.761. The lowest BCUT2D eigenvalue weighted by Crippen LogP contribution is -2.24. The first-order valence-electron chi connectivity index (χ1n) is 7.54. The van der Waals surface area contributed by atoms with Crippen LogP contribution in [-0.4, -0.2) is 20.6 Å². The normalized spacial score (nSPS) is 16.5. The molecule has 1 aliphatic rings. The van der Waals surface area contributed by atoms with Gasteiger partial charge in [-0.15, -0.1) is 0 Å². The number of fused-ring (bicyclic) bond motifs is 1. The van der Waals surface area contributed by atoms with E-state index in [1.54, 1.807) is 47.3 Å². The Labute approximate surface area is 137 Å². The summed E-state index contributed by atoms with van der Waals surface area (Å²) in [7, 11) is 0. The molecule has 1 aliphatic heterocycles. The first kappa shape index (κ1) is 14.4. The van der Waals surface area contributed by atoms with Crippen LogP contribution < -0.4 is 5.32 Å². The van der Waals surface area contributed by atoms with Crippen LogP contribution in [0.5, 0.6) is 5.75 Å². The molecule has 0 saturated heterocycles. The first-order valence-corrected chi connectivity index (χ1v) is 7.54. The van der Waals surface area contributed by atoms with Gasteiger partial charge in [-0.3, -0.25) is 9.36 Å². The van der Waals surface area contributed by atoms with Gasteiger partial charge in [0.2, 0.25) is 5.91 Å². The molecule has 1 atom stereocenters. The largest absolute Gasteiger partial charge is 0.508 e. The summed E-state index contributed by atoms with van der Waals surface area (Å²) in [6.45, 7) is 0. The van der Waals surface area contributed by atoms with Crippen LogP contribution in [0.25, 0.3) is 5.69 Å². The third-order valence-corrected chi connectivity index (χ3v) is 4.17. The fraction of sp³-hybridized carbons (Fsp3) is 0.111. The molecule has 0 saturated carbocycles. The number of aromatic nitrogens is 2. The zero-order valence-electron chi connectivity index (χ0n) is 12.6. The molecule has 0 fully saturated rings. The van der Waals surface area contributed by atoms with Crippen molar-refractivity contribution in [2.75, 3.05) is 5.32 Å². The Morgan fingerprint density at radius 3 is 2.54 bits per heavy atom. The van der Waals surface area contributed by atoms with E-state index in [2.05, 4.69) is 10.3 Å². The molecule has 3 aromatic rings. The highest BCUT2D eigenvalue weighted by Gasteiger charge is 2.30. The van der Waals surface area contributed by atoms with Gasteiger partial charge in [0.25, 0.3) is 0 Å². The zero-order chi connectivity index (χ0) is 16.7. The van der Waals surface area contributed by atoms with Crippen molar-refractivity contribution < 1.29 is 14.3 Å². The van der Waals surface area contributed by atoms with E-state index in [0.717, 1.165) is 16.9 Å². The number of anilines is 1. The molecular formula is C18H14FN3O2. The molecule has 0 aliphatic carbocycles. The van der Waals surface area contributed by atoms with Crippen molar-refractivity contribution in [3.8, 4) is 11.4 Å². The van der Waals surface area contributed by atoms with Crippen LogP contribution in [0.3, 0.4) is 0 Å². The number of halogens is 1. The van der Waals surface area contributed by atoms with Gasteiger partial charge in [-0.05, 0) is 42.0 Å². The molecule has 4 rings (SSSR count). The molecule has 0 radical (unpaired) electrons. The van der Waals surface area contributed by atoms with Crippen LogP contribution in [0, 0.1) is 5.82 Å². The lowest BCUT2D eigenvalue weighted by molar-refractivity contribution is -0.116. The van der Waals surface area contributed by atoms with E-state index < -0.39 is 0 Å². The number of nitrogens with zero attached hydrogens (tertiary/aromatic N) is 2. The molecule has 120 valence electrons. The molecular weight excluding hydrogens is 309 g/mol. The predicted octanol–water partition coefficient (Wildman–Crippen LogP) is 3.19. The van der Waals surface area contributed by atoms with Gasteiger partial charge >= 0.3 is 0 Å². The van der Waals surface area contributed by atoms with Gasteiger partial charge in [0.15, 0.2) is 0 Å². The van der Waals surface area contributed by atoms with Crippen molar-refractivity contribution in [3.05, 3.63) is 71.9 Å². The summed E-state index contributed by atoms with van der Waals surface area (Å²) in [5.74, 6) is 0.159. The Balaban J connectivity index is 1.80. The lowest BCUT2D eigenvalue weighted by Gasteiger charge is -2.23. The van der Waals surface area contributed by atoms with Crippen LogP contribution in [-0.2, 0) is 4.79 Å². The number of carbonyl (C=O) groups is 1. The number of rotatable bonds is 2. The number of nitrogens with one attached hydrogen (secondary N) is 1. The summed E-state index contributed by atoms with van der Waals surface area (Å²) >= 11 is 0. The Morgan fingerprint density at radius 2 is 1.83 bits per heavy atom. The molecule has 0 spiro atoms. The lowest BCUT2D eigenvalue weighted by atomic mass is 9.90. The zero-order valence-corrected chi connectivity index (χ0v) is 12.6. The van der Waals surface area contributed by atoms with Crippen molar-refractivity contribution in [3.63, 3.8) is 0 Å². The van der Waals surface area contributed by atoms with Gasteiger partial charge in [0.1, 0.15) is 23.7 Å². The maximum Gasteiger partial charge on any atom is 0.226 e. The fourth-order valence-corrected chi connectivity index (χ4v) is 2.99. The van der Waals surface area contributed by atoms with Crippen molar-refractivity contribution in [1.82, 2.24) is 9.55 Å². The average Bonchev–Trinajstić information content (AvgIpc) is 2.99. The minimum atomic E-state index is -0.321. The third kappa shape index (κ3) is 2.42. The molecule has 1 aromatic heterocycles. The maximum atomic E-state index is 13.1. The Bertz CT molecular complexity index is 901. The molecule has 1 amide bonds. The fourth-order valence-electron chi connectivity index (χ4n) is 2.99. The van der Waals surface area contributed by atoms with E-state index >= 15 is 0 Å². The van der Waals surface area contributed by atoms with E-state index in [1.807, 2.05) is 0 Å². The Kier molecular flexibility index (Phi) is 3.30. The van der Waals surface area contributed by atoms with Crippen LogP contribution in [0.1, 0.15) is 23.6 Å². The molecule has 24 heavy (non-hydrogen) atoms. The number of benzene rings is 2. The predicted molar refractivity (Wildman–Crippen MR) is 86.7 cm³/mol. The average molecular weight is 323 g/mol. The Hall–Kier alpha value is -3.15. The van der Waals surface area contributed by atoms with Crippen molar-refractivity contribution in [2.45, 2.75) is 12.3 Å². The molecule has 0 bridgehead atoms. The highest BCUT2D eigenvalue weighted by atomic mass is 19.1. The summed E-state index contributed by atoms with van der Waals surface area (Å²) in [6.07, 6.45) is 1.91. The van der Waals surface area contributed by atoms with Gasteiger partial charge < -0.3 is 10.4 Å². The maximum absolute atomic E-state index is 13.1. The van der Waals surface area contributed by atoms with E-state index in [4.69, 9.17) is 0 Å². The second-order valence-electron chi connectivity index (χ2n) is 5.72. The standard InChI is InChI=1S/C18H14FN3O2/c19-12-3-5-13(6-4-12)22-10-20-17-15(9-16(24)21-18(17)22)11-1-7-14(23)8-2-11/h1-8,10,15,23H,9H2,(H,21,24)/t15-/m0/s1. The smallest absolute Gasteiger partial charge is 0.226 e. The molecule has 2 heterocycles. The second-order valence-corrected chi connectivity index (χ2v) is 5.72. The molecule has 5 nitrogen and oxygen atoms in total. The number of amides is 1. The summed E-state index contributed by atoms with van der Waals surface area (Å²) in [5.41, 5.74) is 2.38. The highest BCUT2D eigenvalue weighted by Crippen LogP contribution is 2.37. The number of phenolic OH excluding ortho intramolecular Hbond substituents is 1. The monoisotopic (exact) mass is 323 g/mol. The summed E-state index contributed by atoms with van der Waals surface area (Å²) in [6, 6.07) is 12.8. The first-order chi connectivity index (χ1) is 11.6. The molecule has 0 unspecified atom stereocenters. The van der Waals surface area contributed by atoms with E-state index in [-0.39, 0.29) is 29.8 Å². The van der Waals surface area contributed by atoms with Crippen LogP contribution in [0.15, 0.2) is 54.9 Å². The number of hydrogen-bond acceptors (Lipinski definition) is 3. The number of aromatic hydroxyl groups is 1. The molecule has 6 heteroatoms. The van der Waals surface area contributed by atoms with Crippen LogP contribution in [0.4, 0.5) is 10.2 Å². The van der Waals surface area contributed by atoms with Gasteiger partial charge in [-0.2, -0.15) is 0 Å². The molecule has 2 aromatic carbocycles. The topological polar surface area (TPSA) is 67.1 Å². The number of hydrogen-bond donors (Lipinski definition) is 2. The minimum Gasteiger partial charge on any atom is -0.508 e. The van der Waals surface area contributed by atoms with Crippen molar-refractivity contribution in [1.29, 1.82) is 0 Å².